The summed E-state index contributed by atoms with van der Waals surface area (Å²) in [5.41, 5.74) is -0.578. The normalized spacial score (nSPS) is 16.3. The van der Waals surface area contributed by atoms with Crippen molar-refractivity contribution in [1.82, 2.24) is 5.32 Å². The largest absolute Gasteiger partial charge is 0.375 e. The van der Waals surface area contributed by atoms with E-state index < -0.39 is 5.54 Å². The number of ether oxygens (including phenoxy) is 1. The van der Waals surface area contributed by atoms with Crippen molar-refractivity contribution < 1.29 is 4.74 Å². The van der Waals surface area contributed by atoms with Gasteiger partial charge in [-0.25, -0.2) is 0 Å². The molecule has 0 rings (SSSR count). The zero-order chi connectivity index (χ0) is 14.0. The summed E-state index contributed by atoms with van der Waals surface area (Å²) in [5, 5.41) is 12.5. The molecule has 0 amide bonds. The maximum Gasteiger partial charge on any atom is 0.127 e. The Kier molecular flexibility index (Phi) is 9.05. The average molecular weight is 254 g/mol. The smallest absolute Gasteiger partial charge is 0.127 e. The van der Waals surface area contributed by atoms with Crippen molar-refractivity contribution in [3.63, 3.8) is 0 Å². The van der Waals surface area contributed by atoms with Gasteiger partial charge in [0.1, 0.15) is 5.54 Å². The molecule has 0 bridgehead atoms. The number of nitrogens with one attached hydrogen (secondary N) is 1. The van der Waals surface area contributed by atoms with Crippen LogP contribution in [0.5, 0.6) is 0 Å². The Balaban J connectivity index is 3.87. The van der Waals surface area contributed by atoms with Gasteiger partial charge >= 0.3 is 0 Å². The Morgan fingerprint density at radius 1 is 1.22 bits per heavy atom. The molecule has 3 heteroatoms. The van der Waals surface area contributed by atoms with E-state index in [2.05, 4.69) is 25.2 Å². The van der Waals surface area contributed by atoms with Gasteiger partial charge < -0.3 is 4.74 Å². The van der Waals surface area contributed by atoms with Crippen LogP contribution < -0.4 is 5.32 Å². The topological polar surface area (TPSA) is 45.0 Å². The Bertz CT molecular complexity index is 247. The standard InChI is InChI=1S/C15H30N2O/c1-6-7-8-9-10-14(4)18-12-15(5,11-16)17-13(2)3/h13-14,17H,6-10,12H2,1-5H3. The lowest BCUT2D eigenvalue weighted by molar-refractivity contribution is 0.0300. The first kappa shape index (κ1) is 17.4. The van der Waals surface area contributed by atoms with Crippen molar-refractivity contribution in [3.05, 3.63) is 0 Å². The summed E-state index contributed by atoms with van der Waals surface area (Å²) in [6.45, 7) is 10.8. The van der Waals surface area contributed by atoms with Crippen molar-refractivity contribution in [2.75, 3.05) is 6.61 Å². The van der Waals surface area contributed by atoms with Gasteiger partial charge in [-0.2, -0.15) is 5.26 Å². The molecule has 0 fully saturated rings. The third-order valence-corrected chi connectivity index (χ3v) is 2.97. The average Bonchev–Trinajstić information content (AvgIpc) is 2.31. The van der Waals surface area contributed by atoms with Crippen LogP contribution in [0, 0.1) is 11.3 Å². The van der Waals surface area contributed by atoms with E-state index in [9.17, 15) is 5.26 Å². The molecule has 106 valence electrons. The van der Waals surface area contributed by atoms with Crippen LogP contribution in [0.25, 0.3) is 0 Å². The molecular weight excluding hydrogens is 224 g/mol. The van der Waals surface area contributed by atoms with E-state index in [4.69, 9.17) is 4.74 Å². The highest BCUT2D eigenvalue weighted by Crippen LogP contribution is 2.11. The van der Waals surface area contributed by atoms with Crippen molar-refractivity contribution in [2.45, 2.75) is 84.4 Å². The minimum absolute atomic E-state index is 0.239. The fraction of sp³-hybridized carbons (Fsp3) is 0.933. The Hall–Kier alpha value is -0.590. The van der Waals surface area contributed by atoms with Crippen LogP contribution in [0.4, 0.5) is 0 Å². The van der Waals surface area contributed by atoms with E-state index in [0.29, 0.717) is 6.61 Å². The van der Waals surface area contributed by atoms with Gasteiger partial charge in [0, 0.05) is 6.04 Å². The van der Waals surface area contributed by atoms with Crippen molar-refractivity contribution in [2.24, 2.45) is 0 Å². The summed E-state index contributed by atoms with van der Waals surface area (Å²) < 4.78 is 5.79. The van der Waals surface area contributed by atoms with Crippen molar-refractivity contribution in [1.29, 1.82) is 5.26 Å². The second-order valence-corrected chi connectivity index (χ2v) is 5.71. The zero-order valence-corrected chi connectivity index (χ0v) is 12.8. The number of nitrogens with zero attached hydrogens (tertiary/aromatic N) is 1. The number of rotatable bonds is 10. The SMILES string of the molecule is CCCCCCC(C)OCC(C)(C#N)NC(C)C. The lowest BCUT2D eigenvalue weighted by Gasteiger charge is -2.27. The number of nitriles is 1. The molecule has 1 N–H and O–H groups in total. The number of unbranched alkanes of at least 4 members (excludes halogenated alkanes) is 3. The molecule has 0 aromatic rings. The molecule has 3 nitrogen and oxygen atoms in total. The number of hydrogen-bond acceptors (Lipinski definition) is 3. The maximum atomic E-state index is 9.20. The summed E-state index contributed by atoms with van der Waals surface area (Å²) in [7, 11) is 0. The minimum atomic E-state index is -0.578. The lowest BCUT2D eigenvalue weighted by atomic mass is 10.0. The van der Waals surface area contributed by atoms with Gasteiger partial charge in [-0.3, -0.25) is 5.32 Å². The molecule has 0 aliphatic rings. The third kappa shape index (κ3) is 8.49. The second kappa shape index (κ2) is 9.35. The van der Waals surface area contributed by atoms with Crippen LogP contribution in [0.15, 0.2) is 0 Å². The zero-order valence-electron chi connectivity index (χ0n) is 12.8. The van der Waals surface area contributed by atoms with E-state index in [1.807, 2.05) is 20.8 Å². The first-order valence-corrected chi connectivity index (χ1v) is 7.24. The molecule has 0 saturated carbocycles. The van der Waals surface area contributed by atoms with Gasteiger partial charge in [0.2, 0.25) is 0 Å². The van der Waals surface area contributed by atoms with E-state index in [1.54, 1.807) is 0 Å². The quantitative estimate of drug-likeness (QED) is 0.605. The molecule has 0 aromatic carbocycles. The molecule has 0 radical (unpaired) electrons. The predicted octanol–water partition coefficient (Wildman–Crippen LogP) is 3.64. The fourth-order valence-electron chi connectivity index (χ4n) is 1.99. The second-order valence-electron chi connectivity index (χ2n) is 5.71. The van der Waals surface area contributed by atoms with Crippen LogP contribution in [0.1, 0.15) is 66.7 Å². The maximum absolute atomic E-state index is 9.20. The minimum Gasteiger partial charge on any atom is -0.375 e. The highest BCUT2D eigenvalue weighted by Gasteiger charge is 2.25. The Morgan fingerprint density at radius 2 is 1.89 bits per heavy atom. The van der Waals surface area contributed by atoms with Gasteiger partial charge in [0.25, 0.3) is 0 Å². The Morgan fingerprint density at radius 3 is 2.39 bits per heavy atom. The first-order chi connectivity index (χ1) is 8.43. The lowest BCUT2D eigenvalue weighted by Crippen LogP contribution is -2.49. The third-order valence-electron chi connectivity index (χ3n) is 2.97. The summed E-state index contributed by atoms with van der Waals surface area (Å²) >= 11 is 0. The van der Waals surface area contributed by atoms with E-state index in [0.717, 1.165) is 6.42 Å². The fourth-order valence-corrected chi connectivity index (χ4v) is 1.99. The van der Waals surface area contributed by atoms with Gasteiger partial charge in [-0.05, 0) is 34.1 Å². The van der Waals surface area contributed by atoms with Crippen LogP contribution in [0.2, 0.25) is 0 Å². The monoisotopic (exact) mass is 254 g/mol. The molecule has 0 aromatic heterocycles. The molecule has 0 aliphatic heterocycles. The van der Waals surface area contributed by atoms with Crippen LogP contribution >= 0.6 is 0 Å². The molecule has 0 saturated heterocycles. The molecule has 18 heavy (non-hydrogen) atoms. The van der Waals surface area contributed by atoms with E-state index in [-0.39, 0.29) is 12.1 Å². The molecule has 0 aliphatic carbocycles. The van der Waals surface area contributed by atoms with Crippen LogP contribution in [-0.4, -0.2) is 24.3 Å². The van der Waals surface area contributed by atoms with Gasteiger partial charge in [-0.15, -0.1) is 0 Å². The van der Waals surface area contributed by atoms with Crippen LogP contribution in [0.3, 0.4) is 0 Å². The highest BCUT2D eigenvalue weighted by atomic mass is 16.5. The van der Waals surface area contributed by atoms with Crippen LogP contribution in [-0.2, 0) is 4.74 Å². The summed E-state index contributed by atoms with van der Waals surface area (Å²) in [5.74, 6) is 0. The molecule has 2 unspecified atom stereocenters. The van der Waals surface area contributed by atoms with Gasteiger partial charge in [0.15, 0.2) is 0 Å². The van der Waals surface area contributed by atoms with E-state index in [1.165, 1.54) is 25.7 Å². The first-order valence-electron chi connectivity index (χ1n) is 7.24. The summed E-state index contributed by atoms with van der Waals surface area (Å²) in [6.07, 6.45) is 6.39. The summed E-state index contributed by atoms with van der Waals surface area (Å²) in [4.78, 5) is 0. The van der Waals surface area contributed by atoms with Gasteiger partial charge in [0.05, 0.1) is 18.8 Å². The highest BCUT2D eigenvalue weighted by molar-refractivity contribution is 5.04. The molecular formula is C15H30N2O. The molecule has 0 spiro atoms. The van der Waals surface area contributed by atoms with Crippen molar-refractivity contribution >= 4 is 0 Å². The molecule has 2 atom stereocenters. The van der Waals surface area contributed by atoms with Crippen molar-refractivity contribution in [3.8, 4) is 6.07 Å². The number of hydrogen-bond donors (Lipinski definition) is 1. The van der Waals surface area contributed by atoms with Gasteiger partial charge in [-0.1, -0.05) is 32.6 Å². The molecule has 0 heterocycles. The predicted molar refractivity (Wildman–Crippen MR) is 76.5 cm³/mol. The van der Waals surface area contributed by atoms with E-state index >= 15 is 0 Å². The Labute approximate surface area is 113 Å². The summed E-state index contributed by atoms with van der Waals surface area (Å²) in [6, 6.07) is 2.60.